The van der Waals surface area contributed by atoms with Gasteiger partial charge in [0.05, 0.1) is 21.6 Å². The van der Waals surface area contributed by atoms with Gasteiger partial charge in [-0.2, -0.15) is 5.10 Å². The molecule has 0 bridgehead atoms. The van der Waals surface area contributed by atoms with E-state index >= 15 is 0 Å². The van der Waals surface area contributed by atoms with E-state index in [0.717, 1.165) is 5.56 Å². The molecular weight excluding hydrogens is 602 g/mol. The highest BCUT2D eigenvalue weighted by molar-refractivity contribution is 6.55. The molecule has 4 rings (SSSR count). The summed E-state index contributed by atoms with van der Waals surface area (Å²) in [6.07, 6.45) is 1.58. The highest BCUT2D eigenvalue weighted by atomic mass is 35.5. The van der Waals surface area contributed by atoms with Crippen molar-refractivity contribution in [3.63, 3.8) is 0 Å². The van der Waals surface area contributed by atoms with Crippen LogP contribution in [-0.2, 0) is 13.2 Å². The molecule has 0 saturated heterocycles. The Morgan fingerprint density at radius 3 is 2.23 bits per heavy atom. The third-order valence-corrected chi connectivity index (χ3v) is 7.54. The number of ether oxygens (including phenoxy) is 1. The normalized spacial score (nSPS) is 11.1. The molecule has 0 spiro atoms. The van der Waals surface area contributed by atoms with Crippen LogP contribution in [-0.4, -0.2) is 15.7 Å². The Morgan fingerprint density at radius 2 is 1.54 bits per heavy atom. The number of hydrogen-bond donors (Lipinski definition) is 1. The minimum atomic E-state index is -0.560. The molecule has 0 aliphatic heterocycles. The molecule has 35 heavy (non-hydrogen) atoms. The number of carbonyl (C=O) groups excluding carboxylic acids is 1. The maximum absolute atomic E-state index is 12.6. The molecule has 0 saturated carbocycles. The van der Waals surface area contributed by atoms with Crippen LogP contribution in [0.15, 0.2) is 47.0 Å². The van der Waals surface area contributed by atoms with Crippen molar-refractivity contribution in [2.75, 3.05) is 5.32 Å². The van der Waals surface area contributed by atoms with Crippen molar-refractivity contribution < 1.29 is 13.9 Å². The largest absolute Gasteiger partial charge is 0.482 e. The average molecular weight is 615 g/mol. The standard InChI is InChI=1S/C22H12Cl7N3O3/c23-12-4-2-1-3-10(12)7-32-8-13(24)21(31-32)30-22(33)14-6-5-11(35-14)9-34-20-18(28)16(26)15(25)17(27)19(20)29/h1-6,8H,7,9H2,(H,30,31,33). The van der Waals surface area contributed by atoms with Crippen molar-refractivity contribution in [2.45, 2.75) is 13.2 Å². The Hall–Kier alpha value is -1.77. The Bertz CT molecular complexity index is 1390. The molecular formula is C22H12Cl7N3O3. The lowest BCUT2D eigenvalue weighted by Gasteiger charge is -2.12. The van der Waals surface area contributed by atoms with Crippen LogP contribution in [0.1, 0.15) is 21.9 Å². The summed E-state index contributed by atoms with van der Waals surface area (Å²) < 4.78 is 12.7. The van der Waals surface area contributed by atoms with Crippen molar-refractivity contribution >= 4 is 92.9 Å². The SMILES string of the molecule is O=C(Nc1nn(Cc2ccccc2Cl)cc1Cl)c1ccc(COc2c(Cl)c(Cl)c(Cl)c(Cl)c2Cl)o1. The van der Waals surface area contributed by atoms with E-state index in [9.17, 15) is 4.79 Å². The molecule has 0 aliphatic carbocycles. The van der Waals surface area contributed by atoms with E-state index < -0.39 is 5.91 Å². The second-order valence-corrected chi connectivity index (χ2v) is 9.73. The molecule has 13 heteroatoms. The lowest BCUT2D eigenvalue weighted by Crippen LogP contribution is -2.12. The molecule has 2 aromatic carbocycles. The van der Waals surface area contributed by atoms with Gasteiger partial charge in [-0.25, -0.2) is 0 Å². The van der Waals surface area contributed by atoms with E-state index in [-0.39, 0.29) is 54.1 Å². The van der Waals surface area contributed by atoms with Gasteiger partial charge in [0.15, 0.2) is 17.3 Å². The van der Waals surface area contributed by atoms with Crippen molar-refractivity contribution in [3.05, 3.63) is 94.8 Å². The summed E-state index contributed by atoms with van der Waals surface area (Å²) >= 11 is 42.8. The first-order valence-corrected chi connectivity index (χ1v) is 12.3. The molecule has 1 N–H and O–H groups in total. The molecule has 0 fully saturated rings. The van der Waals surface area contributed by atoms with Gasteiger partial charge < -0.3 is 14.5 Å². The first-order valence-electron chi connectivity index (χ1n) is 9.66. The lowest BCUT2D eigenvalue weighted by atomic mass is 10.2. The van der Waals surface area contributed by atoms with Gasteiger partial charge in [0.25, 0.3) is 5.91 Å². The van der Waals surface area contributed by atoms with Gasteiger partial charge in [-0.1, -0.05) is 99.4 Å². The van der Waals surface area contributed by atoms with Gasteiger partial charge in [-0.15, -0.1) is 0 Å². The van der Waals surface area contributed by atoms with Crippen LogP contribution in [0, 0.1) is 0 Å². The molecule has 6 nitrogen and oxygen atoms in total. The number of hydrogen-bond acceptors (Lipinski definition) is 4. The first kappa shape index (κ1) is 26.3. The number of carbonyl (C=O) groups is 1. The van der Waals surface area contributed by atoms with Gasteiger partial charge in [0, 0.05) is 11.2 Å². The number of benzene rings is 2. The van der Waals surface area contributed by atoms with E-state index in [4.69, 9.17) is 90.4 Å². The van der Waals surface area contributed by atoms with Crippen molar-refractivity contribution in [3.8, 4) is 5.75 Å². The zero-order chi connectivity index (χ0) is 25.3. The molecule has 0 radical (unpaired) electrons. The Kier molecular flexibility index (Phi) is 8.34. The fourth-order valence-corrected chi connectivity index (χ4v) is 4.59. The van der Waals surface area contributed by atoms with Crippen molar-refractivity contribution in [2.24, 2.45) is 0 Å². The van der Waals surface area contributed by atoms with Crippen LogP contribution >= 0.6 is 81.2 Å². The summed E-state index contributed by atoms with van der Waals surface area (Å²) in [7, 11) is 0. The summed E-state index contributed by atoms with van der Waals surface area (Å²) in [5.41, 5.74) is 0.852. The zero-order valence-corrected chi connectivity index (χ0v) is 22.5. The molecule has 2 aromatic heterocycles. The maximum atomic E-state index is 12.6. The number of furan rings is 1. The fraction of sp³-hybridized carbons (Fsp3) is 0.0909. The van der Waals surface area contributed by atoms with Gasteiger partial charge >= 0.3 is 0 Å². The predicted molar refractivity (Wildman–Crippen MR) is 140 cm³/mol. The predicted octanol–water partition coefficient (Wildman–Crippen LogP) is 8.93. The molecule has 182 valence electrons. The summed E-state index contributed by atoms with van der Waals surface area (Å²) in [6, 6.07) is 10.4. The number of nitrogens with zero attached hydrogens (tertiary/aromatic N) is 2. The van der Waals surface area contributed by atoms with E-state index in [1.54, 1.807) is 23.0 Å². The van der Waals surface area contributed by atoms with Crippen molar-refractivity contribution in [1.82, 2.24) is 9.78 Å². The van der Waals surface area contributed by atoms with Crippen LogP contribution in [0.4, 0.5) is 5.82 Å². The van der Waals surface area contributed by atoms with Crippen LogP contribution in [0.2, 0.25) is 35.2 Å². The zero-order valence-electron chi connectivity index (χ0n) is 17.2. The number of anilines is 1. The van der Waals surface area contributed by atoms with E-state index in [1.165, 1.54) is 6.07 Å². The van der Waals surface area contributed by atoms with Gasteiger partial charge in [-0.05, 0) is 23.8 Å². The molecule has 0 atom stereocenters. The van der Waals surface area contributed by atoms with Gasteiger partial charge in [0.1, 0.15) is 27.4 Å². The second-order valence-electron chi connectivity index (χ2n) is 7.02. The van der Waals surface area contributed by atoms with Crippen LogP contribution < -0.4 is 10.1 Å². The number of rotatable bonds is 7. The smallest absolute Gasteiger partial charge is 0.292 e. The number of amides is 1. The molecule has 0 unspecified atom stereocenters. The Labute approximate surface area is 234 Å². The van der Waals surface area contributed by atoms with E-state index in [0.29, 0.717) is 17.3 Å². The molecule has 2 heterocycles. The minimum Gasteiger partial charge on any atom is -0.482 e. The summed E-state index contributed by atoms with van der Waals surface area (Å²) in [6.45, 7) is 0.260. The number of halogens is 7. The fourth-order valence-electron chi connectivity index (χ4n) is 2.97. The van der Waals surface area contributed by atoms with Gasteiger partial charge in [0.2, 0.25) is 0 Å². The average Bonchev–Trinajstić information content (AvgIpc) is 3.44. The monoisotopic (exact) mass is 611 g/mol. The number of aromatic nitrogens is 2. The van der Waals surface area contributed by atoms with Crippen molar-refractivity contribution in [1.29, 1.82) is 0 Å². The van der Waals surface area contributed by atoms with Crippen LogP contribution in [0.3, 0.4) is 0 Å². The molecule has 1 amide bonds. The Balaban J connectivity index is 1.42. The van der Waals surface area contributed by atoms with E-state index in [1.807, 2.05) is 18.2 Å². The summed E-state index contributed by atoms with van der Waals surface area (Å²) in [4.78, 5) is 12.6. The number of nitrogens with one attached hydrogen (secondary N) is 1. The summed E-state index contributed by atoms with van der Waals surface area (Å²) in [5, 5.41) is 7.78. The highest BCUT2D eigenvalue weighted by Gasteiger charge is 2.21. The molecule has 4 aromatic rings. The lowest BCUT2D eigenvalue weighted by molar-refractivity contribution is 0.0992. The maximum Gasteiger partial charge on any atom is 0.292 e. The van der Waals surface area contributed by atoms with Crippen LogP contribution in [0.5, 0.6) is 5.75 Å². The quantitative estimate of drug-likeness (QED) is 0.167. The van der Waals surface area contributed by atoms with Gasteiger partial charge in [-0.3, -0.25) is 9.48 Å². The second kappa shape index (κ2) is 11.1. The van der Waals surface area contributed by atoms with Crippen LogP contribution in [0.25, 0.3) is 0 Å². The topological polar surface area (TPSA) is 69.3 Å². The Morgan fingerprint density at radius 1 is 0.886 bits per heavy atom. The highest BCUT2D eigenvalue weighted by Crippen LogP contribution is 2.48. The third-order valence-electron chi connectivity index (χ3n) is 4.65. The third kappa shape index (κ3) is 5.81. The van der Waals surface area contributed by atoms with E-state index in [2.05, 4.69) is 10.4 Å². The summed E-state index contributed by atoms with van der Waals surface area (Å²) in [5.74, 6) is -0.0489. The minimum absolute atomic E-state index is 0.00222. The molecule has 0 aliphatic rings. The first-order chi connectivity index (χ1) is 16.7.